The van der Waals surface area contributed by atoms with Crippen molar-refractivity contribution in [1.82, 2.24) is 10.2 Å². The van der Waals surface area contributed by atoms with E-state index >= 15 is 0 Å². The average Bonchev–Trinajstić information content (AvgIpc) is 2.68. The maximum atomic E-state index is 5.60. The van der Waals surface area contributed by atoms with Gasteiger partial charge in [0.05, 0.1) is 0 Å². The summed E-state index contributed by atoms with van der Waals surface area (Å²) in [4.78, 5) is 2.34. The Hall–Kier alpha value is -0.310. The van der Waals surface area contributed by atoms with Gasteiger partial charge in [-0.1, -0.05) is 44.9 Å². The fourth-order valence-electron chi connectivity index (χ4n) is 3.33. The fraction of sp³-hybridized carbons (Fsp3) is 0.933. The van der Waals surface area contributed by atoms with E-state index < -0.39 is 0 Å². The number of nitrogens with zero attached hydrogens (tertiary/aromatic N) is 1. The van der Waals surface area contributed by atoms with Crippen LogP contribution in [0.2, 0.25) is 0 Å². The third kappa shape index (κ3) is 4.11. The van der Waals surface area contributed by atoms with Crippen LogP contribution in [0, 0.1) is 0 Å². The van der Waals surface area contributed by atoms with Crippen molar-refractivity contribution in [2.24, 2.45) is 0 Å². The van der Waals surface area contributed by atoms with Crippen LogP contribution in [0.15, 0.2) is 0 Å². The van der Waals surface area contributed by atoms with Crippen LogP contribution in [0.3, 0.4) is 0 Å². The van der Waals surface area contributed by atoms with Crippen LogP contribution in [0.25, 0.3) is 0 Å². The van der Waals surface area contributed by atoms with Crippen LogP contribution in [0.4, 0.5) is 0 Å². The van der Waals surface area contributed by atoms with Crippen LogP contribution in [-0.4, -0.2) is 29.1 Å². The molecule has 2 nitrogen and oxygen atoms in total. The highest BCUT2D eigenvalue weighted by molar-refractivity contribution is 7.80. The Morgan fingerprint density at radius 3 is 2.00 bits per heavy atom. The largest absolute Gasteiger partial charge is 0.360 e. The van der Waals surface area contributed by atoms with Crippen molar-refractivity contribution in [2.75, 3.05) is 7.05 Å². The molecule has 0 aliphatic heterocycles. The lowest BCUT2D eigenvalue weighted by atomic mass is 9.96. The van der Waals surface area contributed by atoms with Gasteiger partial charge >= 0.3 is 0 Å². The van der Waals surface area contributed by atoms with Gasteiger partial charge in [-0.3, -0.25) is 0 Å². The van der Waals surface area contributed by atoms with Crippen molar-refractivity contribution >= 4 is 17.3 Å². The van der Waals surface area contributed by atoms with Gasteiger partial charge in [-0.15, -0.1) is 0 Å². The molecule has 0 spiro atoms. The van der Waals surface area contributed by atoms with Crippen LogP contribution >= 0.6 is 12.2 Å². The monoisotopic (exact) mass is 268 g/mol. The predicted octanol–water partition coefficient (Wildman–Crippen LogP) is 3.85. The van der Waals surface area contributed by atoms with Crippen molar-refractivity contribution < 1.29 is 0 Å². The van der Waals surface area contributed by atoms with Gasteiger partial charge in [0.15, 0.2) is 5.11 Å². The van der Waals surface area contributed by atoms with Gasteiger partial charge in [0.1, 0.15) is 0 Å². The molecule has 0 aromatic heterocycles. The first kappa shape index (κ1) is 14.1. The zero-order chi connectivity index (χ0) is 12.8. The van der Waals surface area contributed by atoms with Gasteiger partial charge in [-0.2, -0.15) is 0 Å². The molecular weight excluding hydrogens is 240 g/mol. The van der Waals surface area contributed by atoms with Gasteiger partial charge in [-0.05, 0) is 37.9 Å². The molecule has 2 aliphatic carbocycles. The summed E-state index contributed by atoms with van der Waals surface area (Å²) < 4.78 is 0. The molecule has 3 heteroatoms. The molecule has 0 radical (unpaired) electrons. The topological polar surface area (TPSA) is 15.3 Å². The average molecular weight is 268 g/mol. The van der Waals surface area contributed by atoms with Crippen LogP contribution in [0.1, 0.15) is 70.6 Å². The van der Waals surface area contributed by atoms with E-state index in [1.807, 2.05) is 0 Å². The molecule has 0 aromatic rings. The van der Waals surface area contributed by atoms with Gasteiger partial charge < -0.3 is 10.2 Å². The highest BCUT2D eigenvalue weighted by Crippen LogP contribution is 2.22. The van der Waals surface area contributed by atoms with Crippen molar-refractivity contribution in [2.45, 2.75) is 82.7 Å². The maximum Gasteiger partial charge on any atom is 0.169 e. The Morgan fingerprint density at radius 2 is 1.39 bits per heavy atom. The Balaban J connectivity index is 1.79. The molecule has 0 amide bonds. The molecule has 2 rings (SSSR count). The first-order valence-corrected chi connectivity index (χ1v) is 8.21. The minimum absolute atomic E-state index is 0.638. The third-order valence-electron chi connectivity index (χ3n) is 4.63. The molecule has 2 saturated carbocycles. The van der Waals surface area contributed by atoms with Gasteiger partial charge in [0.25, 0.3) is 0 Å². The molecule has 104 valence electrons. The van der Waals surface area contributed by atoms with E-state index in [1.54, 1.807) is 0 Å². The maximum absolute atomic E-state index is 5.60. The SMILES string of the molecule is CN(C(=S)NC1CCCCC1)C1CCCCCC1. The van der Waals surface area contributed by atoms with E-state index in [0.717, 1.165) is 5.11 Å². The van der Waals surface area contributed by atoms with Crippen LogP contribution < -0.4 is 5.32 Å². The first-order chi connectivity index (χ1) is 8.77. The van der Waals surface area contributed by atoms with Crippen molar-refractivity contribution in [1.29, 1.82) is 0 Å². The van der Waals surface area contributed by atoms with Crippen molar-refractivity contribution in [3.05, 3.63) is 0 Å². The molecule has 0 heterocycles. The summed E-state index contributed by atoms with van der Waals surface area (Å²) in [7, 11) is 2.19. The molecular formula is C15H28N2S. The van der Waals surface area contributed by atoms with Crippen LogP contribution in [0.5, 0.6) is 0 Å². The lowest BCUT2D eigenvalue weighted by Crippen LogP contribution is -2.47. The summed E-state index contributed by atoms with van der Waals surface area (Å²) in [6.07, 6.45) is 15.0. The van der Waals surface area contributed by atoms with E-state index in [2.05, 4.69) is 17.3 Å². The third-order valence-corrected chi connectivity index (χ3v) is 5.03. The van der Waals surface area contributed by atoms with E-state index in [-0.39, 0.29) is 0 Å². The Morgan fingerprint density at radius 1 is 0.889 bits per heavy atom. The molecule has 0 saturated heterocycles. The summed E-state index contributed by atoms with van der Waals surface area (Å²) in [5.41, 5.74) is 0. The van der Waals surface area contributed by atoms with E-state index in [9.17, 15) is 0 Å². The molecule has 1 N–H and O–H groups in total. The number of hydrogen-bond donors (Lipinski definition) is 1. The highest BCUT2D eigenvalue weighted by Gasteiger charge is 2.21. The lowest BCUT2D eigenvalue weighted by Gasteiger charge is -2.33. The van der Waals surface area contributed by atoms with Crippen molar-refractivity contribution in [3.63, 3.8) is 0 Å². The Bertz CT molecular complexity index is 253. The molecule has 0 aromatic carbocycles. The first-order valence-electron chi connectivity index (χ1n) is 7.80. The quantitative estimate of drug-likeness (QED) is 0.605. The Labute approximate surface area is 118 Å². The van der Waals surface area contributed by atoms with E-state index in [4.69, 9.17) is 12.2 Å². The summed E-state index contributed by atoms with van der Waals surface area (Å²) in [5.74, 6) is 0. The molecule has 0 unspecified atom stereocenters. The second-order valence-corrected chi connectivity index (χ2v) is 6.43. The number of hydrogen-bond acceptors (Lipinski definition) is 1. The second kappa shape index (κ2) is 7.32. The summed E-state index contributed by atoms with van der Waals surface area (Å²) in [5, 5.41) is 4.59. The van der Waals surface area contributed by atoms with Gasteiger partial charge in [0, 0.05) is 19.1 Å². The lowest BCUT2D eigenvalue weighted by molar-refractivity contribution is 0.315. The minimum Gasteiger partial charge on any atom is -0.360 e. The van der Waals surface area contributed by atoms with Crippen LogP contribution in [-0.2, 0) is 0 Å². The standard InChI is InChI=1S/C15H28N2S/c1-17(14-11-7-2-3-8-12-14)15(18)16-13-9-5-4-6-10-13/h13-14H,2-12H2,1H3,(H,16,18). The normalized spacial score (nSPS) is 23.4. The fourth-order valence-corrected chi connectivity index (χ4v) is 3.65. The number of thiocarbonyl (C=S) groups is 1. The number of nitrogens with one attached hydrogen (secondary N) is 1. The molecule has 0 bridgehead atoms. The number of rotatable bonds is 2. The molecule has 2 fully saturated rings. The summed E-state index contributed by atoms with van der Waals surface area (Å²) in [6, 6.07) is 1.32. The summed E-state index contributed by atoms with van der Waals surface area (Å²) in [6.45, 7) is 0. The van der Waals surface area contributed by atoms with E-state index in [0.29, 0.717) is 12.1 Å². The molecule has 2 aliphatic rings. The zero-order valence-electron chi connectivity index (χ0n) is 11.8. The minimum atomic E-state index is 0.638. The smallest absolute Gasteiger partial charge is 0.169 e. The highest BCUT2D eigenvalue weighted by atomic mass is 32.1. The zero-order valence-corrected chi connectivity index (χ0v) is 12.6. The van der Waals surface area contributed by atoms with Gasteiger partial charge in [-0.25, -0.2) is 0 Å². The predicted molar refractivity (Wildman–Crippen MR) is 81.9 cm³/mol. The summed E-state index contributed by atoms with van der Waals surface area (Å²) >= 11 is 5.60. The Kier molecular flexibility index (Phi) is 5.74. The van der Waals surface area contributed by atoms with E-state index in [1.165, 1.54) is 70.6 Å². The molecule has 18 heavy (non-hydrogen) atoms. The molecule has 0 atom stereocenters. The second-order valence-electron chi connectivity index (χ2n) is 6.04. The van der Waals surface area contributed by atoms with Gasteiger partial charge in [0.2, 0.25) is 0 Å². The van der Waals surface area contributed by atoms with Crippen molar-refractivity contribution in [3.8, 4) is 0 Å².